The standard InChI is InChI=1S/C24H17BO2S.C24H15BrS/c26-25(27)19-6-3-5-18(15-19)16-11-13-17(14-12-16)20-8-4-9-22-21-7-1-2-10-23(21)28-24(20)22;25-19-6-3-5-18(15-19)16-11-13-17(14-12-16)20-8-4-9-22-21-7-1-2-10-23(21)26-24(20)22/h1-15,26-27H;1-15H. The van der Waals surface area contributed by atoms with Gasteiger partial charge in [0.15, 0.2) is 0 Å². The molecule has 0 aliphatic heterocycles. The minimum Gasteiger partial charge on any atom is -0.423 e. The molecule has 0 fully saturated rings. The molecule has 0 atom stereocenters. The number of rotatable bonds is 5. The van der Waals surface area contributed by atoms with Crippen molar-refractivity contribution >= 4 is 91.5 Å². The predicted molar refractivity (Wildman–Crippen MR) is 238 cm³/mol. The average molecular weight is 796 g/mol. The van der Waals surface area contributed by atoms with Crippen molar-refractivity contribution in [1.82, 2.24) is 0 Å². The molecule has 2 aromatic heterocycles. The zero-order valence-corrected chi connectivity index (χ0v) is 32.2. The van der Waals surface area contributed by atoms with Gasteiger partial charge in [-0.2, -0.15) is 0 Å². The van der Waals surface area contributed by atoms with Gasteiger partial charge in [-0.25, -0.2) is 0 Å². The van der Waals surface area contributed by atoms with E-state index >= 15 is 0 Å². The Bertz CT molecular complexity index is 2930. The van der Waals surface area contributed by atoms with Gasteiger partial charge in [-0.1, -0.05) is 174 Å². The topological polar surface area (TPSA) is 40.5 Å². The lowest BCUT2D eigenvalue weighted by Gasteiger charge is -2.08. The van der Waals surface area contributed by atoms with Crippen molar-refractivity contribution in [2.75, 3.05) is 0 Å². The van der Waals surface area contributed by atoms with Crippen LogP contribution in [0.15, 0.2) is 186 Å². The Morgan fingerprint density at radius 2 is 0.796 bits per heavy atom. The fourth-order valence-electron chi connectivity index (χ4n) is 7.18. The highest BCUT2D eigenvalue weighted by Gasteiger charge is 2.13. The lowest BCUT2D eigenvalue weighted by Crippen LogP contribution is -2.29. The number of benzene rings is 8. The van der Waals surface area contributed by atoms with Crippen molar-refractivity contribution in [3.8, 4) is 44.5 Å². The Balaban J connectivity index is 0.000000143. The third kappa shape index (κ3) is 6.68. The average Bonchev–Trinajstić information content (AvgIpc) is 3.80. The quantitative estimate of drug-likeness (QED) is 0.170. The summed E-state index contributed by atoms with van der Waals surface area (Å²) in [7, 11) is -1.45. The number of hydrogen-bond acceptors (Lipinski definition) is 4. The van der Waals surface area contributed by atoms with Gasteiger partial charge in [-0.3, -0.25) is 0 Å². The zero-order chi connectivity index (χ0) is 36.6. The molecular weight excluding hydrogens is 763 g/mol. The van der Waals surface area contributed by atoms with Gasteiger partial charge in [0.05, 0.1) is 0 Å². The summed E-state index contributed by atoms with van der Waals surface area (Å²) < 4.78 is 6.43. The van der Waals surface area contributed by atoms with Crippen molar-refractivity contribution in [1.29, 1.82) is 0 Å². The number of hydrogen-bond donors (Lipinski definition) is 2. The van der Waals surface area contributed by atoms with E-state index in [0.717, 1.165) is 15.6 Å². The Morgan fingerprint density at radius 1 is 0.370 bits per heavy atom. The van der Waals surface area contributed by atoms with Crippen molar-refractivity contribution in [2.24, 2.45) is 0 Å². The van der Waals surface area contributed by atoms with Crippen LogP contribution in [0.4, 0.5) is 0 Å². The molecule has 0 aliphatic carbocycles. The van der Waals surface area contributed by atoms with Crippen molar-refractivity contribution in [3.63, 3.8) is 0 Å². The molecule has 0 radical (unpaired) electrons. The van der Waals surface area contributed by atoms with Crippen LogP contribution in [0, 0.1) is 0 Å². The molecule has 8 aromatic carbocycles. The van der Waals surface area contributed by atoms with E-state index in [2.05, 4.69) is 174 Å². The summed E-state index contributed by atoms with van der Waals surface area (Å²) in [4.78, 5) is 0. The van der Waals surface area contributed by atoms with Gasteiger partial charge in [0, 0.05) is 44.8 Å². The Morgan fingerprint density at radius 3 is 1.30 bits per heavy atom. The third-order valence-electron chi connectivity index (χ3n) is 9.88. The second kappa shape index (κ2) is 14.8. The van der Waals surface area contributed by atoms with E-state index < -0.39 is 7.12 Å². The molecule has 0 unspecified atom stereocenters. The lowest BCUT2D eigenvalue weighted by molar-refractivity contribution is 0.426. The predicted octanol–water partition coefficient (Wildman–Crippen LogP) is 13.2. The molecule has 6 heteroatoms. The molecule has 2 nitrogen and oxygen atoms in total. The highest BCUT2D eigenvalue weighted by molar-refractivity contribution is 9.10. The zero-order valence-electron chi connectivity index (χ0n) is 29.0. The normalized spacial score (nSPS) is 11.2. The first-order chi connectivity index (χ1) is 26.5. The van der Waals surface area contributed by atoms with Crippen molar-refractivity contribution in [3.05, 3.63) is 186 Å². The second-order valence-electron chi connectivity index (χ2n) is 13.2. The maximum atomic E-state index is 9.41. The maximum absolute atomic E-state index is 9.41. The van der Waals surface area contributed by atoms with Crippen LogP contribution >= 0.6 is 38.6 Å². The van der Waals surface area contributed by atoms with Gasteiger partial charge in [0.1, 0.15) is 0 Å². The minimum absolute atomic E-state index is 0.497. The second-order valence-corrected chi connectivity index (χ2v) is 16.2. The Hall–Kier alpha value is -5.34. The molecule has 0 bridgehead atoms. The number of thiophene rings is 2. The molecule has 0 aliphatic rings. The summed E-state index contributed by atoms with van der Waals surface area (Å²) in [5.74, 6) is 0. The SMILES string of the molecule is Brc1cccc(-c2ccc(-c3cccc4c3sc3ccccc34)cc2)c1.OB(O)c1cccc(-c2ccc(-c3cccc4c3sc3ccccc34)cc2)c1. The first-order valence-corrected chi connectivity index (χ1v) is 20.2. The lowest BCUT2D eigenvalue weighted by atomic mass is 9.79. The smallest absolute Gasteiger partial charge is 0.423 e. The first kappa shape index (κ1) is 34.4. The van der Waals surface area contributed by atoms with E-state index in [1.165, 1.54) is 73.7 Å². The van der Waals surface area contributed by atoms with Gasteiger partial charge in [0.2, 0.25) is 0 Å². The van der Waals surface area contributed by atoms with Gasteiger partial charge >= 0.3 is 7.12 Å². The minimum atomic E-state index is -1.45. The summed E-state index contributed by atoms with van der Waals surface area (Å²) in [5, 5.41) is 24.1. The molecule has 0 amide bonds. The largest absolute Gasteiger partial charge is 0.488 e. The summed E-state index contributed by atoms with van der Waals surface area (Å²) in [5.41, 5.74) is 9.97. The van der Waals surface area contributed by atoms with Gasteiger partial charge in [-0.15, -0.1) is 22.7 Å². The fraction of sp³-hybridized carbons (Fsp3) is 0. The fourth-order valence-corrected chi connectivity index (χ4v) is 10.1. The molecule has 0 saturated carbocycles. The number of fused-ring (bicyclic) bond motifs is 6. The van der Waals surface area contributed by atoms with Crippen LogP contribution in [0.2, 0.25) is 0 Å². The van der Waals surface area contributed by atoms with Crippen LogP contribution in [0.25, 0.3) is 84.9 Å². The van der Waals surface area contributed by atoms with Crippen LogP contribution in [-0.2, 0) is 0 Å². The number of halogens is 1. The molecular formula is C48H32BBrO2S2. The summed E-state index contributed by atoms with van der Waals surface area (Å²) in [6, 6.07) is 63.4. The third-order valence-corrected chi connectivity index (χ3v) is 12.8. The summed E-state index contributed by atoms with van der Waals surface area (Å²) >= 11 is 7.27. The van der Waals surface area contributed by atoms with Crippen LogP contribution in [-0.4, -0.2) is 17.2 Å². The van der Waals surface area contributed by atoms with Gasteiger partial charge < -0.3 is 10.0 Å². The van der Waals surface area contributed by atoms with E-state index in [1.807, 2.05) is 40.9 Å². The molecule has 2 N–H and O–H groups in total. The maximum Gasteiger partial charge on any atom is 0.488 e. The first-order valence-electron chi connectivity index (χ1n) is 17.7. The monoisotopic (exact) mass is 794 g/mol. The van der Waals surface area contributed by atoms with Crippen molar-refractivity contribution < 1.29 is 10.0 Å². The van der Waals surface area contributed by atoms with E-state index in [4.69, 9.17) is 0 Å². The molecule has 0 spiro atoms. The highest BCUT2D eigenvalue weighted by atomic mass is 79.9. The van der Waals surface area contributed by atoms with Gasteiger partial charge in [-0.05, 0) is 74.2 Å². The van der Waals surface area contributed by atoms with E-state index in [9.17, 15) is 10.0 Å². The highest BCUT2D eigenvalue weighted by Crippen LogP contribution is 2.41. The Kier molecular flexibility index (Phi) is 9.46. The summed E-state index contributed by atoms with van der Waals surface area (Å²) in [6.07, 6.45) is 0. The van der Waals surface area contributed by atoms with Gasteiger partial charge in [0.25, 0.3) is 0 Å². The van der Waals surface area contributed by atoms with Crippen molar-refractivity contribution in [2.45, 2.75) is 0 Å². The van der Waals surface area contributed by atoms with E-state index in [0.29, 0.717) is 5.46 Å². The van der Waals surface area contributed by atoms with E-state index in [1.54, 1.807) is 6.07 Å². The summed E-state index contributed by atoms with van der Waals surface area (Å²) in [6.45, 7) is 0. The van der Waals surface area contributed by atoms with E-state index in [-0.39, 0.29) is 0 Å². The van der Waals surface area contributed by atoms with Crippen LogP contribution in [0.1, 0.15) is 0 Å². The Labute approximate surface area is 330 Å². The van der Waals surface area contributed by atoms with Crippen LogP contribution in [0.5, 0.6) is 0 Å². The molecule has 54 heavy (non-hydrogen) atoms. The van der Waals surface area contributed by atoms with Crippen LogP contribution in [0.3, 0.4) is 0 Å². The van der Waals surface area contributed by atoms with Crippen LogP contribution < -0.4 is 5.46 Å². The molecule has 0 saturated heterocycles. The molecule has 2 heterocycles. The molecule has 10 aromatic rings. The molecule has 10 rings (SSSR count). The molecule has 258 valence electrons.